The van der Waals surface area contributed by atoms with E-state index in [0.29, 0.717) is 6.42 Å². The molecule has 0 heterocycles. The van der Waals surface area contributed by atoms with E-state index in [1.165, 1.54) is 103 Å². The number of benzene rings is 1. The molecule has 0 saturated carbocycles. The number of carbonyl (C=O) groups excluding carboxylic acids is 1. The molecule has 0 radical (unpaired) electrons. The Labute approximate surface area is 218 Å². The monoisotopic (exact) mass is 487 g/mol. The lowest BCUT2D eigenvalue weighted by Gasteiger charge is -2.20. The van der Waals surface area contributed by atoms with E-state index in [2.05, 4.69) is 13.8 Å². The average Bonchev–Trinajstić information content (AvgIpc) is 2.87. The van der Waals surface area contributed by atoms with E-state index < -0.39 is 6.04 Å². The highest BCUT2D eigenvalue weighted by molar-refractivity contribution is 5.76. The first-order chi connectivity index (χ1) is 17.2. The predicted octanol–water partition coefficient (Wildman–Crippen LogP) is 9.31. The maximum atomic E-state index is 12.7. The third kappa shape index (κ3) is 18.6. The minimum atomic E-state index is -0.578. The highest BCUT2D eigenvalue weighted by Crippen LogP contribution is 2.18. The molecule has 35 heavy (non-hydrogen) atoms. The van der Waals surface area contributed by atoms with Crippen molar-refractivity contribution in [2.75, 3.05) is 0 Å². The molecule has 1 unspecified atom stereocenters. The van der Waals surface area contributed by atoms with Crippen molar-refractivity contribution in [3.05, 3.63) is 35.9 Å². The number of hydrogen-bond donors (Lipinski definition) is 1. The van der Waals surface area contributed by atoms with Crippen LogP contribution in [0.5, 0.6) is 0 Å². The Hall–Kier alpha value is -1.35. The summed E-state index contributed by atoms with van der Waals surface area (Å²) in [5, 5.41) is 0. The lowest BCUT2D eigenvalue weighted by molar-refractivity contribution is -0.151. The van der Waals surface area contributed by atoms with Crippen LogP contribution in [0.25, 0.3) is 0 Å². The summed E-state index contributed by atoms with van der Waals surface area (Å²) in [6, 6.07) is 9.43. The van der Waals surface area contributed by atoms with Crippen molar-refractivity contribution >= 4 is 5.97 Å². The zero-order chi connectivity index (χ0) is 25.4. The molecule has 202 valence electrons. The molecule has 1 aromatic rings. The smallest absolute Gasteiger partial charge is 0.323 e. The average molecular weight is 488 g/mol. The van der Waals surface area contributed by atoms with Gasteiger partial charge in [-0.15, -0.1) is 0 Å². The molecular weight excluding hydrogens is 430 g/mol. The van der Waals surface area contributed by atoms with Gasteiger partial charge in [0.25, 0.3) is 0 Å². The molecule has 0 aliphatic rings. The maximum absolute atomic E-state index is 12.7. The Kier molecular flexibility index (Phi) is 20.9. The van der Waals surface area contributed by atoms with E-state index in [1.807, 2.05) is 30.3 Å². The number of hydrogen-bond acceptors (Lipinski definition) is 3. The summed E-state index contributed by atoms with van der Waals surface area (Å²) in [7, 11) is 0. The van der Waals surface area contributed by atoms with Gasteiger partial charge in [0.05, 0.1) is 0 Å². The van der Waals surface area contributed by atoms with E-state index in [4.69, 9.17) is 10.5 Å². The summed E-state index contributed by atoms with van der Waals surface area (Å²) in [6.07, 6.45) is 26.3. The molecule has 0 aromatic heterocycles. The van der Waals surface area contributed by atoms with Gasteiger partial charge >= 0.3 is 5.97 Å². The van der Waals surface area contributed by atoms with Gasteiger partial charge in [-0.2, -0.15) is 0 Å². The van der Waals surface area contributed by atoms with Crippen LogP contribution < -0.4 is 5.73 Å². The van der Waals surface area contributed by atoms with Crippen LogP contribution in [-0.2, 0) is 16.0 Å². The first kappa shape index (κ1) is 31.7. The van der Waals surface area contributed by atoms with E-state index >= 15 is 0 Å². The highest BCUT2D eigenvalue weighted by Gasteiger charge is 2.20. The first-order valence-corrected chi connectivity index (χ1v) is 15.2. The van der Waals surface area contributed by atoms with Crippen LogP contribution in [-0.4, -0.2) is 18.1 Å². The van der Waals surface area contributed by atoms with E-state index in [9.17, 15) is 4.79 Å². The van der Waals surface area contributed by atoms with Gasteiger partial charge in [0.15, 0.2) is 0 Å². The summed E-state index contributed by atoms with van der Waals surface area (Å²) in [5.41, 5.74) is 7.30. The summed E-state index contributed by atoms with van der Waals surface area (Å²) < 4.78 is 5.96. The molecule has 0 saturated heterocycles. The van der Waals surface area contributed by atoms with Crippen LogP contribution in [0.4, 0.5) is 0 Å². The Morgan fingerprint density at radius 3 is 1.49 bits per heavy atom. The van der Waals surface area contributed by atoms with Gasteiger partial charge in [0, 0.05) is 0 Å². The van der Waals surface area contributed by atoms with Gasteiger partial charge in [-0.1, -0.05) is 147 Å². The topological polar surface area (TPSA) is 52.3 Å². The largest absolute Gasteiger partial charge is 0.461 e. The number of nitrogens with two attached hydrogens (primary N) is 1. The normalized spacial score (nSPS) is 12.2. The van der Waals surface area contributed by atoms with E-state index in [1.54, 1.807) is 0 Å². The zero-order valence-electron chi connectivity index (χ0n) is 23.3. The molecule has 0 spiro atoms. The molecule has 0 amide bonds. The predicted molar refractivity (Wildman–Crippen MR) is 152 cm³/mol. The number of unbranched alkanes of at least 4 members (excludes halogenated alkanes) is 16. The SMILES string of the molecule is CCCCCCCCCCCC(CCCCCCCCCCC)OC(=O)C(N)Cc1ccccc1. The summed E-state index contributed by atoms with van der Waals surface area (Å²) in [6.45, 7) is 4.54. The second kappa shape index (κ2) is 23.1. The third-order valence-corrected chi connectivity index (χ3v) is 7.14. The first-order valence-electron chi connectivity index (χ1n) is 15.2. The van der Waals surface area contributed by atoms with Crippen molar-refractivity contribution < 1.29 is 9.53 Å². The van der Waals surface area contributed by atoms with Gasteiger partial charge in [-0.3, -0.25) is 4.79 Å². The van der Waals surface area contributed by atoms with Crippen molar-refractivity contribution in [3.8, 4) is 0 Å². The van der Waals surface area contributed by atoms with Gasteiger partial charge in [0.1, 0.15) is 12.1 Å². The second-order valence-electron chi connectivity index (χ2n) is 10.6. The van der Waals surface area contributed by atoms with Gasteiger partial charge in [0.2, 0.25) is 0 Å². The molecule has 3 heteroatoms. The number of ether oxygens (including phenoxy) is 1. The quantitative estimate of drug-likeness (QED) is 0.117. The van der Waals surface area contributed by atoms with Gasteiger partial charge in [-0.25, -0.2) is 0 Å². The van der Waals surface area contributed by atoms with Gasteiger partial charge < -0.3 is 10.5 Å². The van der Waals surface area contributed by atoms with Crippen LogP contribution in [0.3, 0.4) is 0 Å². The minimum absolute atomic E-state index is 0.0263. The number of rotatable bonds is 24. The van der Waals surface area contributed by atoms with Gasteiger partial charge in [-0.05, 0) is 37.7 Å². The van der Waals surface area contributed by atoms with Crippen LogP contribution in [0.2, 0.25) is 0 Å². The van der Waals surface area contributed by atoms with Crippen molar-refractivity contribution in [2.45, 2.75) is 161 Å². The standard InChI is InChI=1S/C32H57NO2/c1-3-5-7-9-11-13-15-17-22-26-30(27-23-18-16-14-12-10-8-6-4-2)35-32(34)31(33)28-29-24-20-19-21-25-29/h19-21,24-25,30-31H,3-18,22-23,26-28,33H2,1-2H3. The molecule has 1 aromatic carbocycles. The molecule has 1 atom stereocenters. The van der Waals surface area contributed by atoms with Crippen molar-refractivity contribution in [1.29, 1.82) is 0 Å². The third-order valence-electron chi connectivity index (χ3n) is 7.14. The van der Waals surface area contributed by atoms with Crippen molar-refractivity contribution in [2.24, 2.45) is 5.73 Å². The molecule has 0 aliphatic carbocycles. The van der Waals surface area contributed by atoms with Crippen LogP contribution in [0.15, 0.2) is 30.3 Å². The number of esters is 1. The molecular formula is C32H57NO2. The summed E-state index contributed by atoms with van der Waals surface area (Å²) >= 11 is 0. The highest BCUT2D eigenvalue weighted by atomic mass is 16.5. The number of carbonyl (C=O) groups is 1. The second-order valence-corrected chi connectivity index (χ2v) is 10.6. The Balaban J connectivity index is 2.32. The lowest BCUT2D eigenvalue weighted by Crippen LogP contribution is -2.36. The molecule has 2 N–H and O–H groups in total. The Morgan fingerprint density at radius 1 is 0.657 bits per heavy atom. The molecule has 0 fully saturated rings. The fourth-order valence-electron chi connectivity index (χ4n) is 4.83. The van der Waals surface area contributed by atoms with Crippen LogP contribution >= 0.6 is 0 Å². The van der Waals surface area contributed by atoms with E-state index in [-0.39, 0.29) is 12.1 Å². The fourth-order valence-corrected chi connectivity index (χ4v) is 4.83. The summed E-state index contributed by atoms with van der Waals surface area (Å²) in [5.74, 6) is -0.231. The lowest BCUT2D eigenvalue weighted by atomic mass is 10.0. The molecule has 1 rings (SSSR count). The maximum Gasteiger partial charge on any atom is 0.323 e. The van der Waals surface area contributed by atoms with Crippen LogP contribution in [0, 0.1) is 0 Å². The minimum Gasteiger partial charge on any atom is -0.461 e. The van der Waals surface area contributed by atoms with E-state index in [0.717, 1.165) is 31.2 Å². The zero-order valence-corrected chi connectivity index (χ0v) is 23.3. The van der Waals surface area contributed by atoms with Crippen molar-refractivity contribution in [1.82, 2.24) is 0 Å². The fraction of sp³-hybridized carbons (Fsp3) is 0.781. The summed E-state index contributed by atoms with van der Waals surface area (Å²) in [4.78, 5) is 12.7. The Morgan fingerprint density at radius 2 is 1.06 bits per heavy atom. The van der Waals surface area contributed by atoms with Crippen LogP contribution in [0.1, 0.15) is 148 Å². The molecule has 3 nitrogen and oxygen atoms in total. The molecule has 0 aliphatic heterocycles. The van der Waals surface area contributed by atoms with Crippen molar-refractivity contribution in [3.63, 3.8) is 0 Å². The Bertz CT molecular complexity index is 566. The molecule has 0 bridgehead atoms.